The van der Waals surface area contributed by atoms with Crippen LogP contribution in [0.4, 0.5) is 0 Å². The summed E-state index contributed by atoms with van der Waals surface area (Å²) in [6, 6.07) is 6.66. The van der Waals surface area contributed by atoms with E-state index in [0.29, 0.717) is 17.7 Å². The molecule has 1 rings (SSSR count). The van der Waals surface area contributed by atoms with E-state index in [2.05, 4.69) is 0 Å². The lowest BCUT2D eigenvalue weighted by Gasteiger charge is -2.10. The van der Waals surface area contributed by atoms with E-state index in [1.54, 1.807) is 24.3 Å². The van der Waals surface area contributed by atoms with Crippen molar-refractivity contribution in [2.75, 3.05) is 0 Å². The second kappa shape index (κ2) is 5.17. The van der Waals surface area contributed by atoms with Gasteiger partial charge >= 0.3 is 0 Å². The van der Waals surface area contributed by atoms with Gasteiger partial charge in [0.15, 0.2) is 12.4 Å². The van der Waals surface area contributed by atoms with Gasteiger partial charge in [0.1, 0.15) is 12.0 Å². The lowest BCUT2D eigenvalue weighted by molar-refractivity contribution is -0.113. The predicted molar refractivity (Wildman–Crippen MR) is 52.6 cm³/mol. The van der Waals surface area contributed by atoms with E-state index in [4.69, 9.17) is 4.74 Å². The summed E-state index contributed by atoms with van der Waals surface area (Å²) < 4.78 is 5.33. The van der Waals surface area contributed by atoms with Crippen LogP contribution in [-0.2, 0) is 4.79 Å². The fraction of sp³-hybridized carbons (Fsp3) is 0.273. The van der Waals surface area contributed by atoms with Gasteiger partial charge in [-0.25, -0.2) is 0 Å². The van der Waals surface area contributed by atoms with Gasteiger partial charge < -0.3 is 4.74 Å². The summed E-state index contributed by atoms with van der Waals surface area (Å²) in [6.07, 6.45) is 1.77. The zero-order valence-electron chi connectivity index (χ0n) is 7.97. The lowest BCUT2D eigenvalue weighted by Crippen LogP contribution is -2.16. The fourth-order valence-corrected chi connectivity index (χ4v) is 1.01. The van der Waals surface area contributed by atoms with E-state index in [0.717, 1.165) is 12.6 Å². The Morgan fingerprint density at radius 1 is 1.29 bits per heavy atom. The van der Waals surface area contributed by atoms with Crippen LogP contribution in [0.15, 0.2) is 24.3 Å². The van der Waals surface area contributed by atoms with Crippen LogP contribution in [0.3, 0.4) is 0 Å². The molecule has 0 aliphatic heterocycles. The van der Waals surface area contributed by atoms with Crippen LogP contribution in [-0.4, -0.2) is 18.7 Å². The molecule has 0 fully saturated rings. The first-order valence-electron chi connectivity index (χ1n) is 4.47. The van der Waals surface area contributed by atoms with E-state index in [1.165, 1.54) is 0 Å². The first kappa shape index (κ1) is 10.4. The molecule has 0 spiro atoms. The molecule has 0 amide bonds. The number of carbonyl (C=O) groups is 2. The normalized spacial score (nSPS) is 11.8. The van der Waals surface area contributed by atoms with E-state index in [1.807, 2.05) is 6.92 Å². The SMILES string of the molecule is CCC(C=O)Oc1ccc(C=O)cc1. The largest absolute Gasteiger partial charge is 0.483 e. The molecule has 14 heavy (non-hydrogen) atoms. The minimum absolute atomic E-state index is 0.405. The number of benzene rings is 1. The molecule has 0 N–H and O–H groups in total. The second-order valence-electron chi connectivity index (χ2n) is 2.89. The zero-order chi connectivity index (χ0) is 10.4. The highest BCUT2D eigenvalue weighted by Gasteiger charge is 2.05. The van der Waals surface area contributed by atoms with Gasteiger partial charge in [0.2, 0.25) is 0 Å². The number of hydrogen-bond donors (Lipinski definition) is 0. The van der Waals surface area contributed by atoms with Crippen molar-refractivity contribution in [1.29, 1.82) is 0 Å². The maximum atomic E-state index is 10.5. The minimum atomic E-state index is -0.405. The number of hydrogen-bond acceptors (Lipinski definition) is 3. The molecule has 0 bridgehead atoms. The average molecular weight is 192 g/mol. The number of ether oxygens (including phenoxy) is 1. The van der Waals surface area contributed by atoms with E-state index >= 15 is 0 Å². The van der Waals surface area contributed by atoms with Gasteiger partial charge in [-0.15, -0.1) is 0 Å². The summed E-state index contributed by atoms with van der Waals surface area (Å²) in [4.78, 5) is 20.8. The molecule has 0 heterocycles. The summed E-state index contributed by atoms with van der Waals surface area (Å²) in [5, 5.41) is 0. The zero-order valence-corrected chi connectivity index (χ0v) is 7.97. The Balaban J connectivity index is 2.67. The molecular formula is C11H12O3. The van der Waals surface area contributed by atoms with Crippen LogP contribution in [0.2, 0.25) is 0 Å². The molecule has 0 saturated carbocycles. The highest BCUT2D eigenvalue weighted by Crippen LogP contribution is 2.13. The van der Waals surface area contributed by atoms with Gasteiger partial charge in [0.25, 0.3) is 0 Å². The third kappa shape index (κ3) is 2.69. The number of carbonyl (C=O) groups excluding carboxylic acids is 2. The topological polar surface area (TPSA) is 43.4 Å². The average Bonchev–Trinajstić information content (AvgIpc) is 2.26. The number of aldehydes is 2. The third-order valence-corrected chi connectivity index (χ3v) is 1.86. The third-order valence-electron chi connectivity index (χ3n) is 1.86. The minimum Gasteiger partial charge on any atom is -0.483 e. The number of rotatable bonds is 5. The molecule has 0 aliphatic rings. The summed E-state index contributed by atoms with van der Waals surface area (Å²) in [6.45, 7) is 1.87. The Morgan fingerprint density at radius 2 is 1.93 bits per heavy atom. The summed E-state index contributed by atoms with van der Waals surface area (Å²) in [5.41, 5.74) is 0.594. The monoisotopic (exact) mass is 192 g/mol. The van der Waals surface area contributed by atoms with Crippen LogP contribution >= 0.6 is 0 Å². The predicted octanol–water partition coefficient (Wildman–Crippen LogP) is 1.86. The smallest absolute Gasteiger partial charge is 0.160 e. The molecule has 74 valence electrons. The first-order chi connectivity index (χ1) is 6.80. The first-order valence-corrected chi connectivity index (χ1v) is 4.47. The van der Waals surface area contributed by atoms with Crippen molar-refractivity contribution >= 4 is 12.6 Å². The van der Waals surface area contributed by atoms with Crippen LogP contribution in [0.25, 0.3) is 0 Å². The maximum Gasteiger partial charge on any atom is 0.160 e. The standard InChI is InChI=1S/C11H12O3/c1-2-10(8-13)14-11-5-3-9(7-12)4-6-11/h3-8,10H,2H2,1H3. The Bertz CT molecular complexity index is 303. The van der Waals surface area contributed by atoms with Crippen LogP contribution < -0.4 is 4.74 Å². The lowest BCUT2D eigenvalue weighted by atomic mass is 10.2. The van der Waals surface area contributed by atoms with Gasteiger partial charge in [0, 0.05) is 5.56 Å². The molecule has 1 aromatic carbocycles. The molecule has 3 nitrogen and oxygen atoms in total. The van der Waals surface area contributed by atoms with Gasteiger partial charge in [-0.3, -0.25) is 9.59 Å². The highest BCUT2D eigenvalue weighted by atomic mass is 16.5. The molecule has 0 radical (unpaired) electrons. The van der Waals surface area contributed by atoms with Crippen molar-refractivity contribution in [3.63, 3.8) is 0 Å². The Hall–Kier alpha value is -1.64. The molecule has 1 unspecified atom stereocenters. The van der Waals surface area contributed by atoms with Gasteiger partial charge in [-0.1, -0.05) is 6.92 Å². The molecular weight excluding hydrogens is 180 g/mol. The fourth-order valence-electron chi connectivity index (χ4n) is 1.01. The van der Waals surface area contributed by atoms with Gasteiger partial charge in [-0.05, 0) is 30.7 Å². The second-order valence-corrected chi connectivity index (χ2v) is 2.89. The van der Waals surface area contributed by atoms with Crippen molar-refractivity contribution in [2.24, 2.45) is 0 Å². The molecule has 1 atom stereocenters. The Labute approximate surface area is 82.7 Å². The van der Waals surface area contributed by atoms with Crippen LogP contribution in [0.5, 0.6) is 5.75 Å². The summed E-state index contributed by atoms with van der Waals surface area (Å²) in [5.74, 6) is 0.606. The van der Waals surface area contributed by atoms with Gasteiger partial charge in [-0.2, -0.15) is 0 Å². The summed E-state index contributed by atoms with van der Waals surface area (Å²) in [7, 11) is 0. The van der Waals surface area contributed by atoms with Crippen molar-refractivity contribution in [2.45, 2.75) is 19.4 Å². The van der Waals surface area contributed by atoms with Crippen LogP contribution in [0, 0.1) is 0 Å². The molecule has 0 saturated heterocycles. The highest BCUT2D eigenvalue weighted by molar-refractivity contribution is 5.74. The summed E-state index contributed by atoms with van der Waals surface area (Å²) >= 11 is 0. The maximum absolute atomic E-state index is 10.5. The van der Waals surface area contributed by atoms with E-state index in [9.17, 15) is 9.59 Å². The van der Waals surface area contributed by atoms with E-state index in [-0.39, 0.29) is 0 Å². The van der Waals surface area contributed by atoms with E-state index < -0.39 is 6.10 Å². The Morgan fingerprint density at radius 3 is 2.36 bits per heavy atom. The van der Waals surface area contributed by atoms with Crippen molar-refractivity contribution in [3.05, 3.63) is 29.8 Å². The molecule has 3 heteroatoms. The van der Waals surface area contributed by atoms with Crippen LogP contribution in [0.1, 0.15) is 23.7 Å². The van der Waals surface area contributed by atoms with Crippen molar-refractivity contribution in [1.82, 2.24) is 0 Å². The van der Waals surface area contributed by atoms with Crippen molar-refractivity contribution in [3.8, 4) is 5.75 Å². The van der Waals surface area contributed by atoms with Gasteiger partial charge in [0.05, 0.1) is 0 Å². The Kier molecular flexibility index (Phi) is 3.85. The molecule has 1 aromatic rings. The molecule has 0 aromatic heterocycles. The quantitative estimate of drug-likeness (QED) is 0.669. The molecule has 0 aliphatic carbocycles. The van der Waals surface area contributed by atoms with Crippen molar-refractivity contribution < 1.29 is 14.3 Å².